The molecular weight excluding hydrogens is 450 g/mol. The number of hydrogen-bond acceptors (Lipinski definition) is 6. The Morgan fingerprint density at radius 3 is 2.62 bits per heavy atom. The van der Waals surface area contributed by atoms with Crippen molar-refractivity contribution in [1.82, 2.24) is 19.4 Å². The molecule has 34 heavy (non-hydrogen) atoms. The molecule has 0 saturated carbocycles. The summed E-state index contributed by atoms with van der Waals surface area (Å²) in [5.41, 5.74) is 2.98. The molecule has 1 aliphatic rings. The molecule has 8 heteroatoms. The lowest BCUT2D eigenvalue weighted by Gasteiger charge is -2.34. The molecule has 0 N–H and O–H groups in total. The molecule has 0 aliphatic carbocycles. The van der Waals surface area contributed by atoms with E-state index in [1.54, 1.807) is 19.3 Å². The molecule has 1 saturated heterocycles. The Balaban J connectivity index is 1.28. The van der Waals surface area contributed by atoms with Crippen LogP contribution in [0, 0.1) is 5.92 Å². The van der Waals surface area contributed by atoms with Gasteiger partial charge in [0.25, 0.3) is 0 Å². The summed E-state index contributed by atoms with van der Waals surface area (Å²) in [6.07, 6.45) is 8.61. The number of ether oxygens (including phenoxy) is 1. The summed E-state index contributed by atoms with van der Waals surface area (Å²) >= 11 is 6.26. The fourth-order valence-electron chi connectivity index (χ4n) is 4.79. The second-order valence-electron chi connectivity index (χ2n) is 8.99. The van der Waals surface area contributed by atoms with E-state index in [9.17, 15) is 4.79 Å². The number of nitrogens with zero attached hydrogens (tertiary/aromatic N) is 5. The molecule has 0 unspecified atom stereocenters. The molecule has 182 valence electrons. The fraction of sp³-hybridized carbons (Fsp3) is 0.500. The minimum Gasteiger partial charge on any atom is -0.462 e. The van der Waals surface area contributed by atoms with Gasteiger partial charge in [0.1, 0.15) is 0 Å². The lowest BCUT2D eigenvalue weighted by atomic mass is 9.96. The number of carbonyl (C=O) groups excluding carboxylic acids is 1. The molecule has 0 spiro atoms. The van der Waals surface area contributed by atoms with E-state index in [4.69, 9.17) is 16.3 Å². The molecular formula is C26H34ClN5O2. The van der Waals surface area contributed by atoms with Crippen LogP contribution in [-0.4, -0.2) is 64.7 Å². The molecule has 0 atom stereocenters. The normalized spacial score (nSPS) is 14.8. The Labute approximate surface area is 206 Å². The van der Waals surface area contributed by atoms with Gasteiger partial charge < -0.3 is 19.1 Å². The average Bonchev–Trinajstić information content (AvgIpc) is 3.16. The second-order valence-corrected chi connectivity index (χ2v) is 9.43. The SMILES string of the molecule is CCOC(=O)c1cnc(N2CCC(CN(CC)CCc3cn(C)c4ccc(Cl)cc34)CC2)nc1. The number of piperidine rings is 1. The smallest absolute Gasteiger partial charge is 0.341 e. The number of fused-ring (bicyclic) bond motifs is 1. The zero-order valence-electron chi connectivity index (χ0n) is 20.3. The number of anilines is 1. The number of benzene rings is 1. The first-order valence-corrected chi connectivity index (χ1v) is 12.6. The first-order valence-electron chi connectivity index (χ1n) is 12.2. The van der Waals surface area contributed by atoms with Crippen LogP contribution < -0.4 is 4.90 Å². The Bertz CT molecular complexity index is 1110. The molecule has 0 radical (unpaired) electrons. The van der Waals surface area contributed by atoms with Crippen molar-refractivity contribution in [3.63, 3.8) is 0 Å². The van der Waals surface area contributed by atoms with E-state index < -0.39 is 0 Å². The molecule has 0 amide bonds. The van der Waals surface area contributed by atoms with Gasteiger partial charge in [0, 0.05) is 67.7 Å². The first kappa shape index (κ1) is 24.5. The van der Waals surface area contributed by atoms with Crippen molar-refractivity contribution in [3.8, 4) is 0 Å². The largest absolute Gasteiger partial charge is 0.462 e. The van der Waals surface area contributed by atoms with Gasteiger partial charge in [-0.1, -0.05) is 18.5 Å². The van der Waals surface area contributed by atoms with Crippen molar-refractivity contribution < 1.29 is 9.53 Å². The minimum atomic E-state index is -0.376. The second kappa shape index (κ2) is 11.2. The highest BCUT2D eigenvalue weighted by molar-refractivity contribution is 6.31. The first-order chi connectivity index (χ1) is 16.5. The molecule has 1 aliphatic heterocycles. The number of aromatic nitrogens is 3. The third kappa shape index (κ3) is 5.70. The van der Waals surface area contributed by atoms with Gasteiger partial charge in [-0.15, -0.1) is 0 Å². The minimum absolute atomic E-state index is 0.346. The van der Waals surface area contributed by atoms with Crippen LogP contribution >= 0.6 is 11.6 Å². The van der Waals surface area contributed by atoms with E-state index >= 15 is 0 Å². The van der Waals surface area contributed by atoms with Crippen molar-refractivity contribution in [1.29, 1.82) is 0 Å². The molecule has 7 nitrogen and oxygen atoms in total. The van der Waals surface area contributed by atoms with Crippen molar-refractivity contribution in [2.45, 2.75) is 33.1 Å². The van der Waals surface area contributed by atoms with Gasteiger partial charge in [-0.05, 0) is 62.4 Å². The summed E-state index contributed by atoms with van der Waals surface area (Å²) in [5.74, 6) is 0.976. The number of rotatable bonds is 9. The predicted octanol–water partition coefficient (Wildman–Crippen LogP) is 4.58. The van der Waals surface area contributed by atoms with Crippen LogP contribution in [0.15, 0.2) is 36.8 Å². The third-order valence-electron chi connectivity index (χ3n) is 6.74. The molecule has 0 bridgehead atoms. The van der Waals surface area contributed by atoms with Crippen LogP contribution in [0.4, 0.5) is 5.95 Å². The maximum Gasteiger partial charge on any atom is 0.341 e. The quantitative estimate of drug-likeness (QED) is 0.415. The molecule has 2 aromatic heterocycles. The highest BCUT2D eigenvalue weighted by Crippen LogP contribution is 2.26. The average molecular weight is 484 g/mol. The van der Waals surface area contributed by atoms with Crippen molar-refractivity contribution in [2.75, 3.05) is 44.2 Å². The van der Waals surface area contributed by atoms with Gasteiger partial charge in [-0.25, -0.2) is 14.8 Å². The van der Waals surface area contributed by atoms with Gasteiger partial charge in [0.05, 0.1) is 12.2 Å². The Kier molecular flexibility index (Phi) is 8.06. The maximum absolute atomic E-state index is 11.8. The van der Waals surface area contributed by atoms with Crippen molar-refractivity contribution in [2.24, 2.45) is 13.0 Å². The van der Waals surface area contributed by atoms with Crippen LogP contribution in [0.3, 0.4) is 0 Å². The summed E-state index contributed by atoms with van der Waals surface area (Å²) < 4.78 is 7.19. The van der Waals surface area contributed by atoms with Crippen LogP contribution in [0.1, 0.15) is 42.6 Å². The maximum atomic E-state index is 11.8. The van der Waals surface area contributed by atoms with E-state index in [1.165, 1.54) is 16.5 Å². The Morgan fingerprint density at radius 1 is 1.21 bits per heavy atom. The monoisotopic (exact) mass is 483 g/mol. The number of carbonyl (C=O) groups is 1. The third-order valence-corrected chi connectivity index (χ3v) is 6.98. The standard InChI is InChI=1S/C26H34ClN5O2/c1-4-31(11-10-20-18-30(3)24-7-6-22(27)14-23(20)24)17-19-8-12-32(13-9-19)26-28-15-21(16-29-26)25(33)34-5-2/h6-7,14-16,18-19H,4-5,8-13,17H2,1-3H3. The Hall–Kier alpha value is -2.64. The van der Waals surface area contributed by atoms with E-state index in [2.05, 4.69) is 56.6 Å². The van der Waals surface area contributed by atoms with Gasteiger partial charge >= 0.3 is 5.97 Å². The van der Waals surface area contributed by atoms with Gasteiger partial charge in [0.15, 0.2) is 0 Å². The predicted molar refractivity (Wildman–Crippen MR) is 137 cm³/mol. The summed E-state index contributed by atoms with van der Waals surface area (Å²) in [4.78, 5) is 25.4. The molecule has 1 fully saturated rings. The number of aryl methyl sites for hydroxylation is 1. The summed E-state index contributed by atoms with van der Waals surface area (Å²) in [7, 11) is 2.10. The zero-order chi connectivity index (χ0) is 24.1. The molecule has 4 rings (SSSR count). The van der Waals surface area contributed by atoms with E-state index in [-0.39, 0.29) is 5.97 Å². The van der Waals surface area contributed by atoms with Crippen LogP contribution in [0.25, 0.3) is 10.9 Å². The topological polar surface area (TPSA) is 63.5 Å². The summed E-state index contributed by atoms with van der Waals surface area (Å²) in [6, 6.07) is 6.14. The highest BCUT2D eigenvalue weighted by Gasteiger charge is 2.23. The van der Waals surface area contributed by atoms with Gasteiger partial charge in [0.2, 0.25) is 5.95 Å². The fourth-order valence-corrected chi connectivity index (χ4v) is 4.96. The van der Waals surface area contributed by atoms with Crippen LogP contribution in [-0.2, 0) is 18.2 Å². The van der Waals surface area contributed by atoms with Gasteiger partial charge in [-0.3, -0.25) is 0 Å². The number of hydrogen-bond donors (Lipinski definition) is 0. The number of likely N-dealkylation sites (N-methyl/N-ethyl adjacent to an activating group) is 1. The van der Waals surface area contributed by atoms with Crippen molar-refractivity contribution >= 4 is 34.4 Å². The summed E-state index contributed by atoms with van der Waals surface area (Å²) in [6.45, 7) is 9.44. The summed E-state index contributed by atoms with van der Waals surface area (Å²) in [5, 5.41) is 2.05. The van der Waals surface area contributed by atoms with E-state index in [0.717, 1.165) is 57.0 Å². The lowest BCUT2D eigenvalue weighted by Crippen LogP contribution is -2.40. The number of esters is 1. The number of halogens is 1. The highest BCUT2D eigenvalue weighted by atomic mass is 35.5. The molecule has 3 aromatic rings. The molecule has 1 aromatic carbocycles. The van der Waals surface area contributed by atoms with E-state index in [0.29, 0.717) is 24.0 Å². The van der Waals surface area contributed by atoms with E-state index in [1.807, 2.05) is 6.07 Å². The zero-order valence-corrected chi connectivity index (χ0v) is 21.1. The van der Waals surface area contributed by atoms with Crippen LogP contribution in [0.5, 0.6) is 0 Å². The Morgan fingerprint density at radius 2 is 1.94 bits per heavy atom. The van der Waals surface area contributed by atoms with Gasteiger partial charge in [-0.2, -0.15) is 0 Å². The van der Waals surface area contributed by atoms with Crippen LogP contribution in [0.2, 0.25) is 5.02 Å². The lowest BCUT2D eigenvalue weighted by molar-refractivity contribution is 0.0525. The van der Waals surface area contributed by atoms with Crippen molar-refractivity contribution in [3.05, 3.63) is 52.9 Å². The molecule has 3 heterocycles.